The van der Waals surface area contributed by atoms with Gasteiger partial charge in [-0.25, -0.2) is 9.37 Å². The lowest BCUT2D eigenvalue weighted by Crippen LogP contribution is -2.23. The largest absolute Gasteiger partial charge is 0.324 e. The summed E-state index contributed by atoms with van der Waals surface area (Å²) < 4.78 is 15.0. The van der Waals surface area contributed by atoms with Crippen molar-refractivity contribution in [2.75, 3.05) is 5.32 Å². The third-order valence-corrected chi connectivity index (χ3v) is 5.20. The van der Waals surface area contributed by atoms with Crippen LogP contribution in [0.5, 0.6) is 0 Å². The van der Waals surface area contributed by atoms with Crippen molar-refractivity contribution >= 4 is 46.6 Å². The zero-order valence-electron chi connectivity index (χ0n) is 13.6. The van der Waals surface area contributed by atoms with Crippen LogP contribution in [0, 0.1) is 5.82 Å². The highest BCUT2D eigenvalue weighted by Gasteiger charge is 2.19. The van der Waals surface area contributed by atoms with Crippen LogP contribution in [-0.2, 0) is 4.79 Å². The Labute approximate surface area is 164 Å². The number of halogens is 3. The number of nitrogens with one attached hydrogen (secondary N) is 1. The molecule has 0 radical (unpaired) electrons. The highest BCUT2D eigenvalue weighted by molar-refractivity contribution is 8.00. The van der Waals surface area contributed by atoms with Crippen LogP contribution in [0.2, 0.25) is 10.0 Å². The van der Waals surface area contributed by atoms with Crippen LogP contribution in [0.4, 0.5) is 10.1 Å². The lowest BCUT2D eigenvalue weighted by atomic mass is 10.3. The van der Waals surface area contributed by atoms with Crippen LogP contribution in [-0.4, -0.2) is 20.7 Å². The Bertz CT molecular complexity index is 930. The first-order valence-corrected chi connectivity index (χ1v) is 9.29. The maximum atomic E-state index is 13.1. The number of amides is 1. The minimum Gasteiger partial charge on any atom is -0.324 e. The Morgan fingerprint density at radius 3 is 2.65 bits per heavy atom. The topological polar surface area (TPSA) is 46.9 Å². The normalized spacial score (nSPS) is 12.0. The van der Waals surface area contributed by atoms with E-state index >= 15 is 0 Å². The second kappa shape index (κ2) is 8.12. The van der Waals surface area contributed by atoms with E-state index < -0.39 is 11.1 Å². The minimum atomic E-state index is -0.458. The Kier molecular flexibility index (Phi) is 5.86. The van der Waals surface area contributed by atoms with Gasteiger partial charge < -0.3 is 5.32 Å². The van der Waals surface area contributed by atoms with Crippen LogP contribution in [0.25, 0.3) is 5.69 Å². The first-order valence-electron chi connectivity index (χ1n) is 7.66. The van der Waals surface area contributed by atoms with Crippen molar-refractivity contribution in [1.29, 1.82) is 0 Å². The van der Waals surface area contributed by atoms with Crippen molar-refractivity contribution in [2.45, 2.75) is 17.3 Å². The fraction of sp³-hybridized carbons (Fsp3) is 0.111. The zero-order chi connectivity index (χ0) is 18.7. The van der Waals surface area contributed by atoms with Gasteiger partial charge in [-0.05, 0) is 49.4 Å². The van der Waals surface area contributed by atoms with E-state index in [2.05, 4.69) is 10.3 Å². The molecule has 2 aromatic carbocycles. The molecule has 0 saturated carbocycles. The van der Waals surface area contributed by atoms with Crippen molar-refractivity contribution in [3.63, 3.8) is 0 Å². The SMILES string of the molecule is CC(Sc1nccn1-c1ccc(Cl)cc1)C(=O)Nc1ccc(F)cc1Cl. The molecule has 0 fully saturated rings. The van der Waals surface area contributed by atoms with Crippen molar-refractivity contribution < 1.29 is 9.18 Å². The number of thioether (sulfide) groups is 1. The van der Waals surface area contributed by atoms with E-state index in [0.717, 1.165) is 11.8 Å². The molecule has 1 aromatic heterocycles. The van der Waals surface area contributed by atoms with Crippen LogP contribution < -0.4 is 5.32 Å². The van der Waals surface area contributed by atoms with Gasteiger partial charge in [-0.2, -0.15) is 0 Å². The summed E-state index contributed by atoms with van der Waals surface area (Å²) in [6.45, 7) is 1.76. The predicted molar refractivity (Wildman–Crippen MR) is 104 cm³/mol. The van der Waals surface area contributed by atoms with Gasteiger partial charge in [0.05, 0.1) is 16.0 Å². The third-order valence-electron chi connectivity index (χ3n) is 3.55. The summed E-state index contributed by atoms with van der Waals surface area (Å²) in [7, 11) is 0. The molecule has 8 heteroatoms. The summed E-state index contributed by atoms with van der Waals surface area (Å²) in [6.07, 6.45) is 3.48. The number of carbonyl (C=O) groups is 1. The fourth-order valence-electron chi connectivity index (χ4n) is 2.21. The number of hydrogen-bond donors (Lipinski definition) is 1. The Hall–Kier alpha value is -2.02. The summed E-state index contributed by atoms with van der Waals surface area (Å²) in [6, 6.07) is 11.2. The highest BCUT2D eigenvalue weighted by atomic mass is 35.5. The highest BCUT2D eigenvalue weighted by Crippen LogP contribution is 2.27. The van der Waals surface area contributed by atoms with Crippen molar-refractivity contribution in [2.24, 2.45) is 0 Å². The molecule has 1 atom stereocenters. The second-order valence-electron chi connectivity index (χ2n) is 5.43. The molecule has 0 saturated heterocycles. The quantitative estimate of drug-likeness (QED) is 0.570. The van der Waals surface area contributed by atoms with Crippen molar-refractivity contribution in [3.05, 3.63) is 70.7 Å². The maximum absolute atomic E-state index is 13.1. The van der Waals surface area contributed by atoms with Gasteiger partial charge in [-0.15, -0.1) is 0 Å². The zero-order valence-corrected chi connectivity index (χ0v) is 15.9. The Balaban J connectivity index is 1.72. The Morgan fingerprint density at radius 1 is 1.23 bits per heavy atom. The van der Waals surface area contributed by atoms with Crippen LogP contribution in [0.1, 0.15) is 6.92 Å². The van der Waals surface area contributed by atoms with Gasteiger partial charge in [0.15, 0.2) is 5.16 Å². The molecule has 0 spiro atoms. The van der Waals surface area contributed by atoms with Gasteiger partial charge >= 0.3 is 0 Å². The molecule has 134 valence electrons. The Morgan fingerprint density at radius 2 is 1.96 bits per heavy atom. The lowest BCUT2D eigenvalue weighted by Gasteiger charge is -2.14. The monoisotopic (exact) mass is 409 g/mol. The first-order chi connectivity index (χ1) is 12.4. The number of hydrogen-bond acceptors (Lipinski definition) is 3. The van der Waals surface area contributed by atoms with Crippen molar-refractivity contribution in [3.8, 4) is 5.69 Å². The molecular formula is C18H14Cl2FN3OS. The molecule has 4 nitrogen and oxygen atoms in total. The van der Waals surface area contributed by atoms with E-state index in [0.29, 0.717) is 15.9 Å². The molecule has 0 bridgehead atoms. The molecular weight excluding hydrogens is 396 g/mol. The van der Waals surface area contributed by atoms with E-state index in [9.17, 15) is 9.18 Å². The number of carbonyl (C=O) groups excluding carboxylic acids is 1. The number of nitrogens with zero attached hydrogens (tertiary/aromatic N) is 2. The first kappa shape index (κ1) is 18.8. The van der Waals surface area contributed by atoms with Gasteiger partial charge in [-0.3, -0.25) is 9.36 Å². The molecule has 26 heavy (non-hydrogen) atoms. The second-order valence-corrected chi connectivity index (χ2v) is 7.58. The predicted octanol–water partition coefficient (Wildman–Crippen LogP) is 5.44. The van der Waals surface area contributed by atoms with Crippen molar-refractivity contribution in [1.82, 2.24) is 9.55 Å². The average Bonchev–Trinajstić information content (AvgIpc) is 3.06. The molecule has 0 aliphatic heterocycles. The molecule has 1 heterocycles. The molecule has 0 aliphatic carbocycles. The summed E-state index contributed by atoms with van der Waals surface area (Å²) in [5, 5.41) is 3.73. The standard InChI is InChI=1S/C18H14Cl2FN3OS/c1-11(17(25)23-16-7-4-13(21)10-15(16)20)26-18-22-8-9-24(18)14-5-2-12(19)3-6-14/h2-11H,1H3,(H,23,25). The molecule has 1 unspecified atom stereocenters. The number of rotatable bonds is 5. The maximum Gasteiger partial charge on any atom is 0.237 e. The summed E-state index contributed by atoms with van der Waals surface area (Å²) >= 11 is 13.2. The van der Waals surface area contributed by atoms with Gasteiger partial charge in [-0.1, -0.05) is 35.0 Å². The number of benzene rings is 2. The minimum absolute atomic E-state index is 0.151. The van der Waals surface area contributed by atoms with E-state index in [1.165, 1.54) is 23.9 Å². The summed E-state index contributed by atoms with van der Waals surface area (Å²) in [5.41, 5.74) is 1.26. The summed E-state index contributed by atoms with van der Waals surface area (Å²) in [5.74, 6) is -0.713. The van der Waals surface area contributed by atoms with E-state index in [1.54, 1.807) is 25.3 Å². The molecule has 1 amide bonds. The summed E-state index contributed by atoms with van der Waals surface area (Å²) in [4.78, 5) is 16.7. The van der Waals surface area contributed by atoms with Gasteiger partial charge in [0.25, 0.3) is 0 Å². The van der Waals surface area contributed by atoms with E-state index in [4.69, 9.17) is 23.2 Å². The average molecular weight is 410 g/mol. The molecule has 3 aromatic rings. The molecule has 1 N–H and O–H groups in total. The molecule has 0 aliphatic rings. The smallest absolute Gasteiger partial charge is 0.237 e. The van der Waals surface area contributed by atoms with Crippen LogP contribution >= 0.6 is 35.0 Å². The number of anilines is 1. The lowest BCUT2D eigenvalue weighted by molar-refractivity contribution is -0.115. The van der Waals surface area contributed by atoms with Crippen LogP contribution in [0.3, 0.4) is 0 Å². The van der Waals surface area contributed by atoms with Gasteiger partial charge in [0.1, 0.15) is 5.82 Å². The van der Waals surface area contributed by atoms with Gasteiger partial charge in [0, 0.05) is 23.1 Å². The number of imidazole rings is 1. The fourth-order valence-corrected chi connectivity index (χ4v) is 3.44. The van der Waals surface area contributed by atoms with E-state index in [1.807, 2.05) is 22.9 Å². The third kappa shape index (κ3) is 4.38. The van der Waals surface area contributed by atoms with Crippen LogP contribution in [0.15, 0.2) is 60.0 Å². The number of aromatic nitrogens is 2. The van der Waals surface area contributed by atoms with Gasteiger partial charge in [0.2, 0.25) is 5.91 Å². The van der Waals surface area contributed by atoms with E-state index in [-0.39, 0.29) is 10.9 Å². The molecule has 3 rings (SSSR count).